The van der Waals surface area contributed by atoms with Crippen LogP contribution in [0.4, 0.5) is 8.78 Å². The molecule has 3 heterocycles. The third kappa shape index (κ3) is 3.99. The summed E-state index contributed by atoms with van der Waals surface area (Å²) in [6, 6.07) is 9.13. The lowest BCUT2D eigenvalue weighted by Gasteiger charge is -2.26. The van der Waals surface area contributed by atoms with Gasteiger partial charge in [-0.2, -0.15) is 0 Å². The van der Waals surface area contributed by atoms with Gasteiger partial charge in [0.2, 0.25) is 5.95 Å². The van der Waals surface area contributed by atoms with E-state index < -0.39 is 22.4 Å². The molecule has 5 rings (SSSR count). The number of carbonyl (C=O) groups is 1. The zero-order chi connectivity index (χ0) is 23.8. The number of carbonyl (C=O) groups excluding carboxylic acids is 1. The average Bonchev–Trinajstić information content (AvgIpc) is 3.25. The number of benzene rings is 2. The standard InChI is InChI=1S/C24H20F2N4O3S/c1-34(32)21-14-30(24-27-12-16(13-28-24)17-3-2-4-19(25)22(17)26)20-11-15(5-6-18(20)21)23(31)29-7-9-33-10-8-29/h2-6,11-14H,7-10H2,1H3. The van der Waals surface area contributed by atoms with E-state index in [2.05, 4.69) is 9.97 Å². The summed E-state index contributed by atoms with van der Waals surface area (Å²) < 4.78 is 47.1. The van der Waals surface area contributed by atoms with Crippen molar-refractivity contribution in [3.05, 3.63) is 72.2 Å². The number of aromatic nitrogens is 3. The number of hydrogen-bond acceptors (Lipinski definition) is 5. The Morgan fingerprint density at radius 1 is 1.09 bits per heavy atom. The van der Waals surface area contributed by atoms with Gasteiger partial charge in [-0.15, -0.1) is 0 Å². The van der Waals surface area contributed by atoms with Crippen molar-refractivity contribution in [3.8, 4) is 17.1 Å². The Morgan fingerprint density at radius 2 is 1.82 bits per heavy atom. The van der Waals surface area contributed by atoms with Crippen LogP contribution in [0.2, 0.25) is 0 Å². The van der Waals surface area contributed by atoms with Gasteiger partial charge in [0.1, 0.15) is 0 Å². The number of hydrogen-bond donors (Lipinski definition) is 0. The van der Waals surface area contributed by atoms with Gasteiger partial charge in [-0.1, -0.05) is 18.2 Å². The van der Waals surface area contributed by atoms with Crippen LogP contribution >= 0.6 is 0 Å². The second kappa shape index (κ2) is 9.03. The first kappa shape index (κ1) is 22.3. The molecule has 4 aromatic rings. The summed E-state index contributed by atoms with van der Waals surface area (Å²) >= 11 is 0. The fraction of sp³-hybridized carbons (Fsp3) is 0.208. The van der Waals surface area contributed by atoms with E-state index in [4.69, 9.17) is 4.74 Å². The molecule has 0 N–H and O–H groups in total. The first-order valence-corrected chi connectivity index (χ1v) is 12.1. The molecule has 10 heteroatoms. The molecule has 2 aromatic carbocycles. The van der Waals surface area contributed by atoms with Gasteiger partial charge >= 0.3 is 0 Å². The lowest BCUT2D eigenvalue weighted by molar-refractivity contribution is 0.0303. The van der Waals surface area contributed by atoms with Crippen molar-refractivity contribution in [1.82, 2.24) is 19.4 Å². The molecule has 174 valence electrons. The number of fused-ring (bicyclic) bond motifs is 1. The number of rotatable bonds is 4. The topological polar surface area (TPSA) is 77.3 Å². The lowest BCUT2D eigenvalue weighted by atomic mass is 10.1. The zero-order valence-electron chi connectivity index (χ0n) is 18.2. The van der Waals surface area contributed by atoms with Crippen LogP contribution in [0.5, 0.6) is 0 Å². The number of nitrogens with zero attached hydrogens (tertiary/aromatic N) is 4. The fourth-order valence-corrected chi connectivity index (χ4v) is 4.72. The summed E-state index contributed by atoms with van der Waals surface area (Å²) in [7, 11) is -1.30. The van der Waals surface area contributed by atoms with E-state index in [0.29, 0.717) is 53.2 Å². The van der Waals surface area contributed by atoms with Crippen LogP contribution in [0, 0.1) is 11.6 Å². The van der Waals surface area contributed by atoms with Crippen LogP contribution < -0.4 is 0 Å². The summed E-state index contributed by atoms with van der Waals surface area (Å²) in [5, 5.41) is 0.711. The molecule has 7 nitrogen and oxygen atoms in total. The number of halogens is 2. The summed E-state index contributed by atoms with van der Waals surface area (Å²) in [4.78, 5) is 24.0. The molecule has 1 aliphatic heterocycles. The van der Waals surface area contributed by atoms with Gasteiger partial charge in [-0.25, -0.2) is 18.7 Å². The molecule has 0 bridgehead atoms. The Labute approximate surface area is 196 Å². The van der Waals surface area contributed by atoms with Gasteiger partial charge in [0.25, 0.3) is 5.91 Å². The Hall–Kier alpha value is -3.50. The van der Waals surface area contributed by atoms with Crippen LogP contribution in [0.3, 0.4) is 0 Å². The summed E-state index contributed by atoms with van der Waals surface area (Å²) in [6.45, 7) is 2.03. The van der Waals surface area contributed by atoms with Crippen molar-refractivity contribution < 1.29 is 22.5 Å². The predicted octanol–water partition coefficient (Wildman–Crippen LogP) is 3.58. The Bertz CT molecular complexity index is 1420. The molecule has 2 aromatic heterocycles. The SMILES string of the molecule is CS(=O)c1cn(-c2ncc(-c3cccc(F)c3F)cn2)c2cc(C(=O)N3CCOCC3)ccc12. The highest BCUT2D eigenvalue weighted by Crippen LogP contribution is 2.29. The highest BCUT2D eigenvalue weighted by molar-refractivity contribution is 7.84. The van der Waals surface area contributed by atoms with Gasteiger partial charge in [-0.3, -0.25) is 13.6 Å². The molecule has 1 fully saturated rings. The number of morpholine rings is 1. The molecule has 1 atom stereocenters. The minimum Gasteiger partial charge on any atom is -0.378 e. The van der Waals surface area contributed by atoms with Crippen LogP contribution in [0.15, 0.2) is 59.9 Å². The molecular formula is C24H20F2N4O3S. The van der Waals surface area contributed by atoms with E-state index in [0.717, 1.165) is 6.07 Å². The van der Waals surface area contributed by atoms with E-state index in [1.165, 1.54) is 24.5 Å². The van der Waals surface area contributed by atoms with E-state index in [1.54, 1.807) is 40.1 Å². The minimum atomic E-state index is -1.30. The minimum absolute atomic E-state index is 0.0534. The van der Waals surface area contributed by atoms with Crippen LogP contribution in [-0.2, 0) is 15.5 Å². The number of amides is 1. The van der Waals surface area contributed by atoms with Crippen molar-refractivity contribution in [1.29, 1.82) is 0 Å². The molecular weight excluding hydrogens is 462 g/mol. The number of ether oxygens (including phenoxy) is 1. The average molecular weight is 483 g/mol. The van der Waals surface area contributed by atoms with Gasteiger partial charge in [0.05, 0.1) is 34.4 Å². The molecule has 0 aliphatic carbocycles. The maximum absolute atomic E-state index is 14.2. The molecule has 0 saturated carbocycles. The molecule has 1 amide bonds. The Kier molecular flexibility index (Phi) is 5.93. The van der Waals surface area contributed by atoms with Crippen LogP contribution in [-0.4, -0.2) is 62.1 Å². The molecule has 1 aliphatic rings. The van der Waals surface area contributed by atoms with Crippen molar-refractivity contribution in [2.45, 2.75) is 4.90 Å². The maximum Gasteiger partial charge on any atom is 0.254 e. The largest absolute Gasteiger partial charge is 0.378 e. The molecule has 0 radical (unpaired) electrons. The second-order valence-electron chi connectivity index (χ2n) is 7.83. The normalized spacial score (nSPS) is 15.0. The Morgan fingerprint density at radius 3 is 2.53 bits per heavy atom. The molecule has 0 spiro atoms. The van der Waals surface area contributed by atoms with Gasteiger partial charge in [-0.05, 0) is 18.2 Å². The Balaban J connectivity index is 1.57. The van der Waals surface area contributed by atoms with Crippen LogP contribution in [0.1, 0.15) is 10.4 Å². The summed E-state index contributed by atoms with van der Waals surface area (Å²) in [5.41, 5.74) is 1.48. The van der Waals surface area contributed by atoms with Crippen molar-refractivity contribution in [2.75, 3.05) is 32.6 Å². The quantitative estimate of drug-likeness (QED) is 0.445. The van der Waals surface area contributed by atoms with E-state index in [9.17, 15) is 17.8 Å². The highest BCUT2D eigenvalue weighted by atomic mass is 32.2. The zero-order valence-corrected chi connectivity index (χ0v) is 19.0. The molecule has 34 heavy (non-hydrogen) atoms. The van der Waals surface area contributed by atoms with Crippen LogP contribution in [0.25, 0.3) is 28.0 Å². The van der Waals surface area contributed by atoms with Crippen molar-refractivity contribution in [2.24, 2.45) is 0 Å². The van der Waals surface area contributed by atoms with Gasteiger partial charge in [0, 0.05) is 60.0 Å². The van der Waals surface area contributed by atoms with Crippen molar-refractivity contribution >= 4 is 27.6 Å². The third-order valence-electron chi connectivity index (χ3n) is 5.74. The summed E-state index contributed by atoms with van der Waals surface area (Å²) in [5.74, 6) is -1.79. The third-order valence-corrected chi connectivity index (χ3v) is 6.69. The van der Waals surface area contributed by atoms with Crippen molar-refractivity contribution in [3.63, 3.8) is 0 Å². The lowest BCUT2D eigenvalue weighted by Crippen LogP contribution is -2.40. The summed E-state index contributed by atoms with van der Waals surface area (Å²) in [6.07, 6.45) is 6.04. The van der Waals surface area contributed by atoms with Gasteiger partial charge < -0.3 is 9.64 Å². The maximum atomic E-state index is 14.2. The monoisotopic (exact) mass is 482 g/mol. The van der Waals surface area contributed by atoms with E-state index in [-0.39, 0.29) is 17.4 Å². The van der Waals surface area contributed by atoms with Gasteiger partial charge in [0.15, 0.2) is 11.6 Å². The first-order chi connectivity index (χ1) is 16.4. The second-order valence-corrected chi connectivity index (χ2v) is 9.18. The fourth-order valence-electron chi connectivity index (χ4n) is 3.98. The molecule has 1 unspecified atom stereocenters. The smallest absolute Gasteiger partial charge is 0.254 e. The van der Waals surface area contributed by atoms with E-state index in [1.807, 2.05) is 0 Å². The first-order valence-electron chi connectivity index (χ1n) is 10.6. The molecule has 1 saturated heterocycles. The van der Waals surface area contributed by atoms with E-state index >= 15 is 0 Å². The predicted molar refractivity (Wildman–Crippen MR) is 123 cm³/mol. The highest BCUT2D eigenvalue weighted by Gasteiger charge is 2.21.